The third-order valence-electron chi connectivity index (χ3n) is 4.03. The summed E-state index contributed by atoms with van der Waals surface area (Å²) in [5.41, 5.74) is 3.36. The monoisotopic (exact) mass is 302 g/mol. The van der Waals surface area contributed by atoms with Crippen molar-refractivity contribution in [2.45, 2.75) is 71.1 Å². The fourth-order valence-electron chi connectivity index (χ4n) is 2.69. The van der Waals surface area contributed by atoms with Crippen molar-refractivity contribution in [1.82, 2.24) is 10.4 Å². The Kier molecular flexibility index (Phi) is 10.2. The molecule has 1 rings (SSSR count). The molecule has 0 bridgehead atoms. The summed E-state index contributed by atoms with van der Waals surface area (Å²) in [6.45, 7) is 9.49. The summed E-state index contributed by atoms with van der Waals surface area (Å²) < 4.78 is 10.8. The predicted octanol–water partition coefficient (Wildman–Crippen LogP) is 1.95. The van der Waals surface area contributed by atoms with Gasteiger partial charge in [-0.2, -0.15) is 0 Å². The quantitative estimate of drug-likeness (QED) is 0.571. The topological polar surface area (TPSA) is 54.0 Å². The number of ether oxygens (including phenoxy) is 2. The van der Waals surface area contributed by atoms with E-state index in [-0.39, 0.29) is 0 Å². The van der Waals surface area contributed by atoms with Crippen LogP contribution in [0.2, 0.25) is 0 Å². The number of aliphatic hydroxyl groups is 1. The van der Waals surface area contributed by atoms with Gasteiger partial charge in [0.2, 0.25) is 0 Å². The first-order valence-corrected chi connectivity index (χ1v) is 8.50. The molecule has 2 N–H and O–H groups in total. The molecule has 1 fully saturated rings. The maximum atomic E-state index is 9.94. The summed E-state index contributed by atoms with van der Waals surface area (Å²) in [4.78, 5) is 0. The molecule has 0 radical (unpaired) electrons. The average molecular weight is 302 g/mol. The molecule has 126 valence electrons. The summed E-state index contributed by atoms with van der Waals surface area (Å²) in [6, 6.07) is 1.07. The molecule has 3 atom stereocenters. The first kappa shape index (κ1) is 18.8. The van der Waals surface area contributed by atoms with Crippen molar-refractivity contribution in [1.29, 1.82) is 0 Å². The van der Waals surface area contributed by atoms with Crippen LogP contribution in [0.15, 0.2) is 0 Å². The molecule has 21 heavy (non-hydrogen) atoms. The second-order valence-electron chi connectivity index (χ2n) is 6.09. The molecule has 0 amide bonds. The van der Waals surface area contributed by atoms with Crippen molar-refractivity contribution in [3.8, 4) is 0 Å². The van der Waals surface area contributed by atoms with Crippen molar-refractivity contribution in [3.63, 3.8) is 0 Å². The van der Waals surface area contributed by atoms with Crippen LogP contribution in [0.25, 0.3) is 0 Å². The lowest BCUT2D eigenvalue weighted by Crippen LogP contribution is -2.54. The predicted molar refractivity (Wildman–Crippen MR) is 85.2 cm³/mol. The summed E-state index contributed by atoms with van der Waals surface area (Å²) in [6.07, 6.45) is 5.52. The van der Waals surface area contributed by atoms with Gasteiger partial charge in [0.15, 0.2) is 0 Å². The van der Waals surface area contributed by atoms with Gasteiger partial charge in [0.25, 0.3) is 0 Å². The highest BCUT2D eigenvalue weighted by Gasteiger charge is 2.24. The molecule has 1 aliphatic rings. The van der Waals surface area contributed by atoms with Crippen molar-refractivity contribution in [2.75, 3.05) is 33.0 Å². The van der Waals surface area contributed by atoms with E-state index in [1.807, 2.05) is 0 Å². The van der Waals surface area contributed by atoms with Crippen LogP contribution >= 0.6 is 0 Å². The minimum atomic E-state index is -0.470. The Bertz CT molecular complexity index is 244. The maximum absolute atomic E-state index is 9.94. The van der Waals surface area contributed by atoms with E-state index in [1.165, 1.54) is 19.3 Å². The van der Waals surface area contributed by atoms with Crippen molar-refractivity contribution in [3.05, 3.63) is 0 Å². The largest absolute Gasteiger partial charge is 0.389 e. The van der Waals surface area contributed by atoms with Gasteiger partial charge in [-0.15, -0.1) is 0 Å². The van der Waals surface area contributed by atoms with Crippen LogP contribution < -0.4 is 5.43 Å². The van der Waals surface area contributed by atoms with E-state index in [9.17, 15) is 5.11 Å². The van der Waals surface area contributed by atoms with Crippen LogP contribution in [0.4, 0.5) is 0 Å². The van der Waals surface area contributed by atoms with Crippen LogP contribution in [0.1, 0.15) is 52.9 Å². The zero-order valence-corrected chi connectivity index (χ0v) is 14.0. The number of aliphatic hydroxyl groups excluding tert-OH is 1. The number of hydrazine groups is 1. The van der Waals surface area contributed by atoms with Crippen LogP contribution in [0, 0.1) is 0 Å². The Morgan fingerprint density at radius 2 is 1.81 bits per heavy atom. The number of unbranched alkanes of at least 4 members (excludes halogenated alkanes) is 1. The van der Waals surface area contributed by atoms with Crippen LogP contribution in [0.5, 0.6) is 0 Å². The summed E-state index contributed by atoms with van der Waals surface area (Å²) >= 11 is 0. The van der Waals surface area contributed by atoms with Crippen molar-refractivity contribution < 1.29 is 14.6 Å². The maximum Gasteiger partial charge on any atom is 0.0911 e. The van der Waals surface area contributed by atoms with E-state index in [0.29, 0.717) is 38.4 Å². The second kappa shape index (κ2) is 11.4. The minimum Gasteiger partial charge on any atom is -0.389 e. The molecule has 5 heteroatoms. The zero-order valence-electron chi connectivity index (χ0n) is 14.0. The Labute approximate surface area is 130 Å². The van der Waals surface area contributed by atoms with Gasteiger partial charge in [-0.05, 0) is 33.1 Å². The van der Waals surface area contributed by atoms with E-state index >= 15 is 0 Å². The van der Waals surface area contributed by atoms with Crippen LogP contribution in [0.3, 0.4) is 0 Å². The summed E-state index contributed by atoms with van der Waals surface area (Å²) in [5.74, 6) is 0. The normalized spacial score (nSPS) is 25.1. The molecule has 0 aromatic heterocycles. The van der Waals surface area contributed by atoms with Crippen molar-refractivity contribution in [2.24, 2.45) is 0 Å². The highest BCUT2D eigenvalue weighted by atomic mass is 16.5. The Morgan fingerprint density at radius 3 is 2.48 bits per heavy atom. The third-order valence-corrected chi connectivity index (χ3v) is 4.03. The van der Waals surface area contributed by atoms with E-state index < -0.39 is 6.10 Å². The molecule has 1 aliphatic heterocycles. The van der Waals surface area contributed by atoms with Crippen molar-refractivity contribution >= 4 is 0 Å². The van der Waals surface area contributed by atoms with Crippen LogP contribution in [-0.4, -0.2) is 61.3 Å². The SMILES string of the molecule is CCCCOCCOCC(O)CNN1C(C)CCCC1C. The van der Waals surface area contributed by atoms with Gasteiger partial charge in [0, 0.05) is 25.2 Å². The Balaban J connectivity index is 2.01. The fraction of sp³-hybridized carbons (Fsp3) is 1.00. The first-order valence-electron chi connectivity index (χ1n) is 8.50. The number of nitrogens with zero attached hydrogens (tertiary/aromatic N) is 1. The molecular weight excluding hydrogens is 268 g/mol. The van der Waals surface area contributed by atoms with Gasteiger partial charge in [0.1, 0.15) is 0 Å². The standard InChI is InChI=1S/C16H34N2O3/c1-4-5-9-20-10-11-21-13-16(19)12-17-18-14(2)7-6-8-15(18)3/h14-17,19H,4-13H2,1-3H3. The molecule has 3 unspecified atom stereocenters. The fourth-order valence-corrected chi connectivity index (χ4v) is 2.69. The number of hydrogen-bond donors (Lipinski definition) is 2. The lowest BCUT2D eigenvalue weighted by Gasteiger charge is -2.39. The minimum absolute atomic E-state index is 0.362. The molecule has 0 aromatic carbocycles. The summed E-state index contributed by atoms with van der Waals surface area (Å²) in [7, 11) is 0. The van der Waals surface area contributed by atoms with Gasteiger partial charge < -0.3 is 14.6 Å². The third kappa shape index (κ3) is 8.12. The molecule has 0 aliphatic carbocycles. The highest BCUT2D eigenvalue weighted by Crippen LogP contribution is 2.19. The number of piperidine rings is 1. The van der Waals surface area contributed by atoms with Gasteiger partial charge >= 0.3 is 0 Å². The molecule has 0 spiro atoms. The van der Waals surface area contributed by atoms with E-state index in [1.54, 1.807) is 0 Å². The summed E-state index contributed by atoms with van der Waals surface area (Å²) in [5, 5.41) is 12.2. The van der Waals surface area contributed by atoms with E-state index in [2.05, 4.69) is 31.2 Å². The number of nitrogens with one attached hydrogen (secondary N) is 1. The average Bonchev–Trinajstić information content (AvgIpc) is 2.46. The van der Waals surface area contributed by atoms with Gasteiger partial charge in [0.05, 0.1) is 25.9 Å². The molecule has 0 aromatic rings. The smallest absolute Gasteiger partial charge is 0.0911 e. The molecule has 0 saturated carbocycles. The van der Waals surface area contributed by atoms with E-state index in [4.69, 9.17) is 9.47 Å². The van der Waals surface area contributed by atoms with Gasteiger partial charge in [-0.3, -0.25) is 5.43 Å². The lowest BCUT2D eigenvalue weighted by atomic mass is 10.00. The molecule has 1 heterocycles. The zero-order chi connectivity index (χ0) is 15.5. The second-order valence-corrected chi connectivity index (χ2v) is 6.09. The molecule has 1 saturated heterocycles. The van der Waals surface area contributed by atoms with Crippen LogP contribution in [-0.2, 0) is 9.47 Å². The van der Waals surface area contributed by atoms with Gasteiger partial charge in [-0.25, -0.2) is 5.01 Å². The molecular formula is C16H34N2O3. The first-order chi connectivity index (χ1) is 10.1. The molecule has 5 nitrogen and oxygen atoms in total. The number of rotatable bonds is 11. The lowest BCUT2D eigenvalue weighted by molar-refractivity contribution is -0.0163. The van der Waals surface area contributed by atoms with Gasteiger partial charge in [-0.1, -0.05) is 19.8 Å². The number of hydrogen-bond acceptors (Lipinski definition) is 5. The Morgan fingerprint density at radius 1 is 1.14 bits per heavy atom. The highest BCUT2D eigenvalue weighted by molar-refractivity contribution is 4.77. The van der Waals surface area contributed by atoms with E-state index in [0.717, 1.165) is 19.4 Å². The Hall–Kier alpha value is -0.200.